The summed E-state index contributed by atoms with van der Waals surface area (Å²) in [4.78, 5) is 25.8. The first-order valence-electron chi connectivity index (χ1n) is 7.58. The van der Waals surface area contributed by atoms with Crippen molar-refractivity contribution in [3.8, 4) is 0 Å². The largest absolute Gasteiger partial charge is 0.355 e. The number of hydrogen-bond acceptors (Lipinski definition) is 4. The highest BCUT2D eigenvalue weighted by Crippen LogP contribution is 2.31. The van der Waals surface area contributed by atoms with Crippen molar-refractivity contribution in [3.63, 3.8) is 0 Å². The molecule has 3 fully saturated rings. The van der Waals surface area contributed by atoms with E-state index < -0.39 is 12.2 Å². The van der Waals surface area contributed by atoms with Gasteiger partial charge < -0.3 is 10.1 Å². The van der Waals surface area contributed by atoms with Crippen LogP contribution in [0.3, 0.4) is 0 Å². The second kappa shape index (κ2) is 4.93. The lowest BCUT2D eigenvalue weighted by molar-refractivity contribution is -0.146. The first-order valence-corrected chi connectivity index (χ1v) is 7.58. The van der Waals surface area contributed by atoms with E-state index in [4.69, 9.17) is 4.74 Å². The summed E-state index contributed by atoms with van der Waals surface area (Å²) < 4.78 is 5.42. The van der Waals surface area contributed by atoms with Crippen molar-refractivity contribution in [2.45, 2.75) is 50.5 Å². The standard InChI is InChI=1S/C16H18N2O3/c19-15-13-7-8-14(21-13)16(20)18(15)12-5-1-10(2-6-12)9-17-11-3-4-11/h1-2,5-6,11,13-14,17H,3-4,7-9H2. The molecule has 1 aliphatic carbocycles. The maximum absolute atomic E-state index is 12.3. The van der Waals surface area contributed by atoms with Crippen LogP contribution in [0, 0.1) is 0 Å². The van der Waals surface area contributed by atoms with Gasteiger partial charge in [0.1, 0.15) is 12.2 Å². The van der Waals surface area contributed by atoms with E-state index in [1.54, 1.807) is 0 Å². The molecule has 0 aromatic heterocycles. The fraction of sp³-hybridized carbons (Fsp3) is 0.500. The van der Waals surface area contributed by atoms with Crippen molar-refractivity contribution in [1.82, 2.24) is 5.32 Å². The van der Waals surface area contributed by atoms with Crippen molar-refractivity contribution >= 4 is 17.5 Å². The van der Waals surface area contributed by atoms with Gasteiger partial charge in [-0.2, -0.15) is 0 Å². The molecule has 0 spiro atoms. The molecule has 1 aromatic rings. The Balaban J connectivity index is 1.52. The predicted octanol–water partition coefficient (Wildman–Crippen LogP) is 1.36. The number of nitrogens with zero attached hydrogens (tertiary/aromatic N) is 1. The van der Waals surface area contributed by atoms with Crippen molar-refractivity contribution in [1.29, 1.82) is 0 Å². The molecular weight excluding hydrogens is 268 g/mol. The zero-order valence-corrected chi connectivity index (χ0v) is 11.7. The Morgan fingerprint density at radius 3 is 2.19 bits per heavy atom. The molecule has 0 radical (unpaired) electrons. The van der Waals surface area contributed by atoms with Crippen LogP contribution < -0.4 is 10.2 Å². The van der Waals surface area contributed by atoms with Crippen LogP contribution in [0.15, 0.2) is 24.3 Å². The van der Waals surface area contributed by atoms with E-state index in [9.17, 15) is 9.59 Å². The molecule has 4 rings (SSSR count). The maximum atomic E-state index is 12.3. The predicted molar refractivity (Wildman–Crippen MR) is 76.7 cm³/mol. The molecule has 2 atom stereocenters. The molecule has 2 aliphatic heterocycles. The van der Waals surface area contributed by atoms with E-state index in [1.807, 2.05) is 24.3 Å². The molecule has 5 nitrogen and oxygen atoms in total. The molecule has 1 saturated carbocycles. The lowest BCUT2D eigenvalue weighted by Gasteiger charge is -2.29. The molecule has 5 heteroatoms. The zero-order valence-electron chi connectivity index (χ0n) is 11.7. The number of fused-ring (bicyclic) bond motifs is 2. The van der Waals surface area contributed by atoms with E-state index in [-0.39, 0.29) is 11.8 Å². The molecule has 2 bridgehead atoms. The third-order valence-electron chi connectivity index (χ3n) is 4.38. The maximum Gasteiger partial charge on any atom is 0.262 e. The Morgan fingerprint density at radius 2 is 1.62 bits per heavy atom. The molecule has 3 aliphatic rings. The number of anilines is 1. The normalized spacial score (nSPS) is 28.3. The number of benzene rings is 1. The van der Waals surface area contributed by atoms with Crippen molar-refractivity contribution in [2.75, 3.05) is 4.90 Å². The van der Waals surface area contributed by atoms with E-state index in [0.29, 0.717) is 24.6 Å². The molecule has 1 N–H and O–H groups in total. The minimum absolute atomic E-state index is 0.224. The van der Waals surface area contributed by atoms with Gasteiger partial charge in [-0.1, -0.05) is 12.1 Å². The van der Waals surface area contributed by atoms with Gasteiger partial charge in [0, 0.05) is 12.6 Å². The van der Waals surface area contributed by atoms with Gasteiger partial charge >= 0.3 is 0 Å². The fourth-order valence-corrected chi connectivity index (χ4v) is 2.96. The van der Waals surface area contributed by atoms with Gasteiger partial charge in [-0.3, -0.25) is 9.59 Å². The van der Waals surface area contributed by atoms with Crippen LogP contribution in [0.1, 0.15) is 31.2 Å². The average Bonchev–Trinajstić information content (AvgIpc) is 3.21. The van der Waals surface area contributed by atoms with Crippen LogP contribution in [0.2, 0.25) is 0 Å². The van der Waals surface area contributed by atoms with E-state index >= 15 is 0 Å². The number of hydrogen-bond donors (Lipinski definition) is 1. The molecule has 2 amide bonds. The quantitative estimate of drug-likeness (QED) is 0.849. The lowest BCUT2D eigenvalue weighted by atomic mass is 10.1. The van der Waals surface area contributed by atoms with E-state index in [0.717, 1.165) is 6.54 Å². The molecule has 21 heavy (non-hydrogen) atoms. The summed E-state index contributed by atoms with van der Waals surface area (Å²) in [5.41, 5.74) is 1.82. The first kappa shape index (κ1) is 13.0. The molecule has 110 valence electrons. The molecular formula is C16H18N2O3. The van der Waals surface area contributed by atoms with Crippen molar-refractivity contribution in [2.24, 2.45) is 0 Å². The highest BCUT2D eigenvalue weighted by molar-refractivity contribution is 6.19. The number of morpholine rings is 1. The first-order chi connectivity index (χ1) is 10.2. The fourth-order valence-electron chi connectivity index (χ4n) is 2.96. The highest BCUT2D eigenvalue weighted by Gasteiger charge is 2.47. The Kier molecular flexibility index (Phi) is 3.05. The number of rotatable bonds is 4. The summed E-state index contributed by atoms with van der Waals surface area (Å²) in [6, 6.07) is 8.32. The van der Waals surface area contributed by atoms with E-state index in [1.165, 1.54) is 23.3 Å². The third kappa shape index (κ3) is 2.36. The van der Waals surface area contributed by atoms with Crippen LogP contribution in [0.5, 0.6) is 0 Å². The smallest absolute Gasteiger partial charge is 0.262 e. The van der Waals surface area contributed by atoms with Crippen LogP contribution in [-0.4, -0.2) is 30.1 Å². The summed E-state index contributed by atoms with van der Waals surface area (Å²) in [6.07, 6.45) is 2.94. The number of carbonyl (C=O) groups excluding carboxylic acids is 2. The highest BCUT2D eigenvalue weighted by atomic mass is 16.5. The second-order valence-corrected chi connectivity index (χ2v) is 6.02. The molecule has 2 heterocycles. The summed E-state index contributed by atoms with van der Waals surface area (Å²) in [7, 11) is 0. The summed E-state index contributed by atoms with van der Waals surface area (Å²) >= 11 is 0. The Bertz CT molecular complexity index is 558. The minimum atomic E-state index is -0.441. The van der Waals surface area contributed by atoms with Crippen LogP contribution in [0.4, 0.5) is 5.69 Å². The van der Waals surface area contributed by atoms with Gasteiger partial charge in [-0.05, 0) is 43.4 Å². The monoisotopic (exact) mass is 286 g/mol. The van der Waals surface area contributed by atoms with Gasteiger partial charge in [0.05, 0.1) is 5.69 Å². The third-order valence-corrected chi connectivity index (χ3v) is 4.38. The van der Waals surface area contributed by atoms with Crippen LogP contribution in [-0.2, 0) is 20.9 Å². The number of ether oxygens (including phenoxy) is 1. The van der Waals surface area contributed by atoms with E-state index in [2.05, 4.69) is 5.32 Å². The van der Waals surface area contributed by atoms with Gasteiger partial charge in [-0.25, -0.2) is 4.90 Å². The van der Waals surface area contributed by atoms with Gasteiger partial charge in [-0.15, -0.1) is 0 Å². The number of nitrogens with one attached hydrogen (secondary N) is 1. The molecule has 2 saturated heterocycles. The van der Waals surface area contributed by atoms with Crippen LogP contribution >= 0.6 is 0 Å². The average molecular weight is 286 g/mol. The SMILES string of the molecule is O=C1C2CCC(O2)C(=O)N1c1ccc(CNC2CC2)cc1. The lowest BCUT2D eigenvalue weighted by Crippen LogP contribution is -2.52. The van der Waals surface area contributed by atoms with Gasteiger partial charge in [0.25, 0.3) is 11.8 Å². The second-order valence-electron chi connectivity index (χ2n) is 6.02. The number of amides is 2. The summed E-state index contributed by atoms with van der Waals surface area (Å²) in [6.45, 7) is 0.835. The number of carbonyl (C=O) groups is 2. The summed E-state index contributed by atoms with van der Waals surface area (Å²) in [5, 5.41) is 3.45. The molecule has 1 aromatic carbocycles. The minimum Gasteiger partial charge on any atom is -0.355 e. The Morgan fingerprint density at radius 1 is 1.00 bits per heavy atom. The van der Waals surface area contributed by atoms with Gasteiger partial charge in [0.15, 0.2) is 0 Å². The van der Waals surface area contributed by atoms with Crippen LogP contribution in [0.25, 0.3) is 0 Å². The zero-order chi connectivity index (χ0) is 14.4. The number of imide groups is 1. The Labute approximate surface area is 123 Å². The van der Waals surface area contributed by atoms with Crippen molar-refractivity contribution in [3.05, 3.63) is 29.8 Å². The Hall–Kier alpha value is -1.72. The topological polar surface area (TPSA) is 58.6 Å². The molecule has 2 unspecified atom stereocenters. The van der Waals surface area contributed by atoms with Crippen molar-refractivity contribution < 1.29 is 14.3 Å². The van der Waals surface area contributed by atoms with Gasteiger partial charge in [0.2, 0.25) is 0 Å². The summed E-state index contributed by atoms with van der Waals surface area (Å²) in [5.74, 6) is -0.449.